The number of hydrogen-bond donors (Lipinski definition) is 2. The molecule has 0 bridgehead atoms. The first kappa shape index (κ1) is 15.4. The minimum atomic E-state index is -0.525. The summed E-state index contributed by atoms with van der Waals surface area (Å²) >= 11 is 0. The number of nitrogens with zero attached hydrogens (tertiary/aromatic N) is 1. The number of carbonyl (C=O) groups excluding carboxylic acids is 1. The molecular weight excluding hydrogens is 277 g/mol. The minimum Gasteiger partial charge on any atom is -0.320 e. The Balaban J connectivity index is 0.00000161. The molecule has 2 N–H and O–H groups in total. The maximum atomic E-state index is 12.2. The number of carbonyl (C=O) groups is 1. The molecule has 0 fully saturated rings. The number of fused-ring (bicyclic) bond motifs is 1. The van der Waals surface area contributed by atoms with Gasteiger partial charge in [-0.15, -0.1) is 0 Å². The molecule has 0 saturated carbocycles. The number of H-pyrrole nitrogens is 1. The van der Waals surface area contributed by atoms with E-state index >= 15 is 0 Å². The van der Waals surface area contributed by atoms with Crippen LogP contribution in [0.3, 0.4) is 0 Å². The Bertz CT molecular complexity index is 831. The number of aromatic nitrogens is 2. The van der Waals surface area contributed by atoms with E-state index in [-0.39, 0.29) is 40.7 Å². The smallest absolute Gasteiger partial charge is 0.280 e. The van der Waals surface area contributed by atoms with Crippen molar-refractivity contribution in [3.63, 3.8) is 0 Å². The Morgan fingerprint density at radius 1 is 1.00 bits per heavy atom. The summed E-state index contributed by atoms with van der Waals surface area (Å²) in [4.78, 5) is 24.3. The van der Waals surface area contributed by atoms with Gasteiger partial charge in [0.25, 0.3) is 5.91 Å². The van der Waals surface area contributed by atoms with Gasteiger partial charge in [0.2, 0.25) is 5.43 Å². The van der Waals surface area contributed by atoms with Crippen LogP contribution >= 0.6 is 0 Å². The summed E-state index contributed by atoms with van der Waals surface area (Å²) in [5.41, 5.74) is 0.695. The number of rotatable bonds is 2. The summed E-state index contributed by atoms with van der Waals surface area (Å²) in [6.45, 7) is 0. The van der Waals surface area contributed by atoms with Gasteiger partial charge in [0.15, 0.2) is 5.69 Å². The third-order valence-corrected chi connectivity index (χ3v) is 2.92. The minimum absolute atomic E-state index is 0. The zero-order valence-electron chi connectivity index (χ0n) is 11.5. The fourth-order valence-electron chi connectivity index (χ4n) is 1.94. The summed E-state index contributed by atoms with van der Waals surface area (Å²) < 4.78 is 0. The van der Waals surface area contributed by atoms with Gasteiger partial charge in [-0.3, -0.25) is 14.7 Å². The molecule has 1 amide bonds. The van der Waals surface area contributed by atoms with E-state index < -0.39 is 5.91 Å². The Morgan fingerprint density at radius 3 is 2.43 bits per heavy atom. The van der Waals surface area contributed by atoms with Crippen LogP contribution in [0, 0.1) is 0 Å². The van der Waals surface area contributed by atoms with Crippen LogP contribution in [-0.2, 0) is 0 Å². The SMILES string of the molecule is O=C(Nc1ccccc1)c1n[nH]c2ccccc2c1=O.[Na]. The number of amides is 1. The first-order chi connectivity index (χ1) is 9.75. The van der Waals surface area contributed by atoms with Crippen molar-refractivity contribution in [2.45, 2.75) is 0 Å². The van der Waals surface area contributed by atoms with Crippen LogP contribution in [-0.4, -0.2) is 45.7 Å². The number of nitrogens with one attached hydrogen (secondary N) is 2. The van der Waals surface area contributed by atoms with Gasteiger partial charge in [0, 0.05) is 40.6 Å². The molecule has 21 heavy (non-hydrogen) atoms. The van der Waals surface area contributed by atoms with Crippen LogP contribution in [0.25, 0.3) is 10.9 Å². The third kappa shape index (κ3) is 3.21. The van der Waals surface area contributed by atoms with Crippen LogP contribution in [0.15, 0.2) is 59.4 Å². The fraction of sp³-hybridized carbons (Fsp3) is 0. The van der Waals surface area contributed by atoms with Crippen molar-refractivity contribution in [2.75, 3.05) is 5.32 Å². The van der Waals surface area contributed by atoms with E-state index in [1.807, 2.05) is 6.07 Å². The van der Waals surface area contributed by atoms with Crippen LogP contribution in [0.2, 0.25) is 0 Å². The van der Waals surface area contributed by atoms with E-state index in [1.54, 1.807) is 48.5 Å². The molecule has 99 valence electrons. The average molecular weight is 288 g/mol. The van der Waals surface area contributed by atoms with E-state index in [9.17, 15) is 9.59 Å². The molecule has 1 radical (unpaired) electrons. The molecule has 1 heterocycles. The Labute approximate surface area is 142 Å². The van der Waals surface area contributed by atoms with Gasteiger partial charge in [-0.2, -0.15) is 5.10 Å². The van der Waals surface area contributed by atoms with Crippen LogP contribution in [0.4, 0.5) is 5.69 Å². The van der Waals surface area contributed by atoms with E-state index in [0.717, 1.165) is 0 Å². The standard InChI is InChI=1S/C15H11N3O2.Na/c19-14-11-8-4-5-9-12(11)17-18-13(14)15(20)16-10-6-2-1-3-7-10;/h1-9H,(H,16,20)(H,17,19);. The molecule has 3 rings (SSSR count). The second-order valence-corrected chi connectivity index (χ2v) is 4.27. The number of aromatic amines is 1. The summed E-state index contributed by atoms with van der Waals surface area (Å²) in [7, 11) is 0. The average Bonchev–Trinajstić information content (AvgIpc) is 2.49. The van der Waals surface area contributed by atoms with Crippen LogP contribution < -0.4 is 10.7 Å². The molecule has 0 aliphatic carbocycles. The molecule has 0 unspecified atom stereocenters. The Morgan fingerprint density at radius 2 is 1.67 bits per heavy atom. The van der Waals surface area contributed by atoms with Gasteiger partial charge in [-0.25, -0.2) is 0 Å². The monoisotopic (exact) mass is 288 g/mol. The van der Waals surface area contributed by atoms with E-state index in [1.165, 1.54) is 0 Å². The fourth-order valence-corrected chi connectivity index (χ4v) is 1.94. The van der Waals surface area contributed by atoms with Gasteiger partial charge in [-0.05, 0) is 24.3 Å². The molecule has 0 atom stereocenters. The molecule has 6 heteroatoms. The normalized spacial score (nSPS) is 9.90. The summed E-state index contributed by atoms with van der Waals surface area (Å²) in [5, 5.41) is 9.66. The van der Waals surface area contributed by atoms with Crippen molar-refractivity contribution in [1.82, 2.24) is 10.2 Å². The van der Waals surface area contributed by atoms with Gasteiger partial charge >= 0.3 is 0 Å². The second-order valence-electron chi connectivity index (χ2n) is 4.27. The van der Waals surface area contributed by atoms with Crippen molar-refractivity contribution in [1.29, 1.82) is 0 Å². The van der Waals surface area contributed by atoms with Gasteiger partial charge in [0.1, 0.15) is 0 Å². The summed E-state index contributed by atoms with van der Waals surface area (Å²) in [6.07, 6.45) is 0. The number of anilines is 1. The molecule has 3 aromatic rings. The van der Waals surface area contributed by atoms with Crippen molar-refractivity contribution in [2.24, 2.45) is 0 Å². The second kappa shape index (κ2) is 6.67. The van der Waals surface area contributed by atoms with Crippen molar-refractivity contribution in [3.8, 4) is 0 Å². The molecule has 1 aromatic heterocycles. The van der Waals surface area contributed by atoms with Crippen molar-refractivity contribution >= 4 is 52.1 Å². The van der Waals surface area contributed by atoms with E-state index in [0.29, 0.717) is 16.6 Å². The zero-order chi connectivity index (χ0) is 13.9. The van der Waals surface area contributed by atoms with E-state index in [2.05, 4.69) is 15.5 Å². The molecule has 0 saturated heterocycles. The maximum absolute atomic E-state index is 12.2. The van der Waals surface area contributed by atoms with Crippen molar-refractivity contribution in [3.05, 3.63) is 70.5 Å². The molecule has 5 nitrogen and oxygen atoms in total. The van der Waals surface area contributed by atoms with Gasteiger partial charge in [-0.1, -0.05) is 30.3 Å². The topological polar surface area (TPSA) is 74.8 Å². The molecule has 2 aromatic carbocycles. The zero-order valence-corrected chi connectivity index (χ0v) is 13.5. The molecule has 0 aliphatic heterocycles. The molecule has 0 aliphatic rings. The first-order valence-electron chi connectivity index (χ1n) is 6.09. The Hall–Kier alpha value is -1.95. The van der Waals surface area contributed by atoms with Crippen molar-refractivity contribution < 1.29 is 4.79 Å². The third-order valence-electron chi connectivity index (χ3n) is 2.92. The Kier molecular flexibility index (Phi) is 4.90. The largest absolute Gasteiger partial charge is 0.320 e. The summed E-state index contributed by atoms with van der Waals surface area (Å²) in [5.74, 6) is -0.525. The molecular formula is C15H11N3NaO2. The summed E-state index contributed by atoms with van der Waals surface area (Å²) in [6, 6.07) is 15.9. The van der Waals surface area contributed by atoms with Crippen LogP contribution in [0.5, 0.6) is 0 Å². The maximum Gasteiger partial charge on any atom is 0.280 e. The number of benzene rings is 2. The quantitative estimate of drug-likeness (QED) is 0.706. The van der Waals surface area contributed by atoms with Gasteiger partial charge in [0.05, 0.1) is 5.52 Å². The molecule has 0 spiro atoms. The number of hydrogen-bond acceptors (Lipinski definition) is 3. The van der Waals surface area contributed by atoms with Crippen LogP contribution in [0.1, 0.15) is 10.5 Å². The number of para-hydroxylation sites is 2. The predicted octanol–water partition coefficient (Wildman–Crippen LogP) is 1.79. The van der Waals surface area contributed by atoms with Gasteiger partial charge < -0.3 is 5.32 Å². The predicted molar refractivity (Wildman–Crippen MR) is 82.5 cm³/mol. The first-order valence-corrected chi connectivity index (χ1v) is 6.09. The van der Waals surface area contributed by atoms with E-state index in [4.69, 9.17) is 0 Å².